The van der Waals surface area contributed by atoms with Crippen molar-refractivity contribution in [3.05, 3.63) is 206 Å². The van der Waals surface area contributed by atoms with Crippen molar-refractivity contribution in [2.45, 2.75) is 0 Å². The fourth-order valence-electron chi connectivity index (χ4n) is 8.38. The van der Waals surface area contributed by atoms with Crippen LogP contribution in [0.1, 0.15) is 0 Å². The molecule has 52 heavy (non-hydrogen) atoms. The Labute approximate surface area is 303 Å². The lowest BCUT2D eigenvalue weighted by molar-refractivity contribution is 1.61. The second-order valence-corrected chi connectivity index (χ2v) is 13.6. The lowest BCUT2D eigenvalue weighted by Gasteiger charge is -2.21. The third kappa shape index (κ3) is 4.92. The summed E-state index contributed by atoms with van der Waals surface area (Å²) >= 11 is 0. The summed E-state index contributed by atoms with van der Waals surface area (Å²) in [7, 11) is 0. The Morgan fingerprint density at radius 2 is 0.404 bits per heavy atom. The molecule has 10 aromatic carbocycles. The summed E-state index contributed by atoms with van der Waals surface area (Å²) in [6.45, 7) is 0. The molecule has 0 radical (unpaired) electrons. The minimum atomic E-state index is 1.22. The maximum atomic E-state index is 2.46. The Morgan fingerprint density at radius 1 is 0.154 bits per heavy atom. The van der Waals surface area contributed by atoms with E-state index in [1.54, 1.807) is 0 Å². The number of benzene rings is 10. The summed E-state index contributed by atoms with van der Waals surface area (Å²) in [5.74, 6) is 0. The highest BCUT2D eigenvalue weighted by molar-refractivity contribution is 6.25. The predicted octanol–water partition coefficient (Wildman–Crippen LogP) is 14.6. The van der Waals surface area contributed by atoms with E-state index in [0.29, 0.717) is 0 Å². The minimum absolute atomic E-state index is 1.22. The molecular formula is C52H34. The highest BCUT2D eigenvalue weighted by atomic mass is 14.2. The van der Waals surface area contributed by atoms with Gasteiger partial charge in [-0.2, -0.15) is 0 Å². The smallest absolute Gasteiger partial charge is 0.00261 e. The van der Waals surface area contributed by atoms with Crippen molar-refractivity contribution in [3.8, 4) is 55.6 Å². The van der Waals surface area contributed by atoms with E-state index in [1.165, 1.54) is 98.7 Å². The highest BCUT2D eigenvalue weighted by Crippen LogP contribution is 2.48. The monoisotopic (exact) mass is 658 g/mol. The normalized spacial score (nSPS) is 11.5. The van der Waals surface area contributed by atoms with Crippen LogP contribution in [-0.2, 0) is 0 Å². The molecule has 0 aromatic heterocycles. The van der Waals surface area contributed by atoms with Gasteiger partial charge in [-0.15, -0.1) is 0 Å². The highest BCUT2D eigenvalue weighted by Gasteiger charge is 2.20. The van der Waals surface area contributed by atoms with E-state index in [9.17, 15) is 0 Å². The molecule has 0 aliphatic heterocycles. The van der Waals surface area contributed by atoms with Gasteiger partial charge < -0.3 is 0 Å². The molecular weight excluding hydrogens is 625 g/mol. The quantitative estimate of drug-likeness (QED) is 0.161. The topological polar surface area (TPSA) is 0 Å². The van der Waals surface area contributed by atoms with Crippen LogP contribution in [0.25, 0.3) is 98.7 Å². The molecule has 10 aromatic rings. The van der Waals surface area contributed by atoms with Gasteiger partial charge in [0, 0.05) is 0 Å². The van der Waals surface area contributed by atoms with Crippen molar-refractivity contribution in [1.29, 1.82) is 0 Å². The molecule has 0 fully saturated rings. The Balaban J connectivity index is 1.29. The van der Waals surface area contributed by atoms with E-state index >= 15 is 0 Å². The molecule has 0 heteroatoms. The number of rotatable bonds is 5. The lowest BCUT2D eigenvalue weighted by Crippen LogP contribution is -1.93. The van der Waals surface area contributed by atoms with Gasteiger partial charge in [-0.25, -0.2) is 0 Å². The molecule has 0 heterocycles. The van der Waals surface area contributed by atoms with Crippen LogP contribution in [0.4, 0.5) is 0 Å². The van der Waals surface area contributed by atoms with Gasteiger partial charge in [0.15, 0.2) is 0 Å². The zero-order valence-electron chi connectivity index (χ0n) is 28.6. The zero-order valence-corrected chi connectivity index (χ0v) is 28.6. The summed E-state index contributed by atoms with van der Waals surface area (Å²) in [4.78, 5) is 0. The molecule has 0 saturated heterocycles. The fraction of sp³-hybridized carbons (Fsp3) is 0. The molecule has 0 N–H and O–H groups in total. The summed E-state index contributed by atoms with van der Waals surface area (Å²) in [6.07, 6.45) is 0. The van der Waals surface area contributed by atoms with Crippen molar-refractivity contribution in [1.82, 2.24) is 0 Å². The van der Waals surface area contributed by atoms with Crippen molar-refractivity contribution in [2.75, 3.05) is 0 Å². The number of hydrogen-bond acceptors (Lipinski definition) is 0. The summed E-state index contributed by atoms with van der Waals surface area (Å²) in [5.41, 5.74) is 12.4. The molecule has 0 atom stereocenters. The van der Waals surface area contributed by atoms with Gasteiger partial charge in [-0.3, -0.25) is 0 Å². The van der Waals surface area contributed by atoms with Gasteiger partial charge in [0.2, 0.25) is 0 Å². The zero-order chi connectivity index (χ0) is 34.4. The van der Waals surface area contributed by atoms with Gasteiger partial charge in [-0.1, -0.05) is 200 Å². The van der Waals surface area contributed by atoms with E-state index in [2.05, 4.69) is 206 Å². The van der Waals surface area contributed by atoms with Crippen LogP contribution in [0.5, 0.6) is 0 Å². The molecule has 0 amide bonds. The SMILES string of the molecule is c1ccc(-c2ccc(-c3c4ccccc4c(-c4ccccc4)c4cc(-c5c6ccccc6c(-c6ccccc6)c6ccccc56)ccc34)cc2)cc1. The molecule has 0 aliphatic carbocycles. The molecule has 0 unspecified atom stereocenters. The molecule has 0 aliphatic rings. The average molecular weight is 659 g/mol. The predicted molar refractivity (Wildman–Crippen MR) is 224 cm³/mol. The van der Waals surface area contributed by atoms with E-state index in [4.69, 9.17) is 0 Å². The van der Waals surface area contributed by atoms with E-state index < -0.39 is 0 Å². The number of hydrogen-bond donors (Lipinski definition) is 0. The third-order valence-electron chi connectivity index (χ3n) is 10.6. The fourth-order valence-corrected chi connectivity index (χ4v) is 8.38. The Morgan fingerprint density at radius 3 is 0.827 bits per heavy atom. The van der Waals surface area contributed by atoms with Gasteiger partial charge >= 0.3 is 0 Å². The maximum Gasteiger partial charge on any atom is -0.00261 e. The van der Waals surface area contributed by atoms with Crippen LogP contribution in [0.2, 0.25) is 0 Å². The molecule has 0 nitrogen and oxygen atoms in total. The first-order chi connectivity index (χ1) is 25.8. The largest absolute Gasteiger partial charge is 0.0622 e. The Hall–Kier alpha value is -6.76. The van der Waals surface area contributed by atoms with Crippen molar-refractivity contribution in [3.63, 3.8) is 0 Å². The van der Waals surface area contributed by atoms with E-state index in [-0.39, 0.29) is 0 Å². The van der Waals surface area contributed by atoms with Gasteiger partial charge in [0.25, 0.3) is 0 Å². The summed E-state index contributed by atoms with van der Waals surface area (Å²) in [5, 5.41) is 10.1. The van der Waals surface area contributed by atoms with Crippen LogP contribution in [-0.4, -0.2) is 0 Å². The van der Waals surface area contributed by atoms with Gasteiger partial charge in [0.05, 0.1) is 0 Å². The molecule has 0 saturated carbocycles. The molecule has 10 rings (SSSR count). The molecule has 0 spiro atoms. The Kier molecular flexibility index (Phi) is 7.25. The summed E-state index contributed by atoms with van der Waals surface area (Å²) in [6, 6.07) is 75.5. The van der Waals surface area contributed by atoms with Crippen LogP contribution >= 0.6 is 0 Å². The second-order valence-electron chi connectivity index (χ2n) is 13.6. The summed E-state index contributed by atoms with van der Waals surface area (Å²) < 4.78 is 0. The maximum absolute atomic E-state index is 2.46. The van der Waals surface area contributed by atoms with Crippen molar-refractivity contribution >= 4 is 43.1 Å². The third-order valence-corrected chi connectivity index (χ3v) is 10.6. The second kappa shape index (κ2) is 12.5. The lowest BCUT2D eigenvalue weighted by atomic mass is 9.82. The van der Waals surface area contributed by atoms with Gasteiger partial charge in [0.1, 0.15) is 0 Å². The van der Waals surface area contributed by atoms with E-state index in [0.717, 1.165) is 0 Å². The first-order valence-electron chi connectivity index (χ1n) is 18.0. The first kappa shape index (κ1) is 30.1. The van der Waals surface area contributed by atoms with Crippen molar-refractivity contribution in [2.24, 2.45) is 0 Å². The molecule has 0 bridgehead atoms. The van der Waals surface area contributed by atoms with Gasteiger partial charge in [-0.05, 0) is 105 Å². The Bertz CT molecular complexity index is 2850. The van der Waals surface area contributed by atoms with Crippen LogP contribution in [0, 0.1) is 0 Å². The average Bonchev–Trinajstić information content (AvgIpc) is 3.22. The standard InChI is InChI=1S/C52H34/c1-4-16-35(17-5-1)36-28-30-39(31-29-36)50-41-22-10-13-25-44(41)51(38-20-8-3-9-21-38)48-34-40(32-33-47(48)50)52-45-26-14-11-23-42(45)49(37-18-6-2-7-19-37)43-24-12-15-27-46(43)52/h1-34H. The molecule has 242 valence electrons. The van der Waals surface area contributed by atoms with Crippen molar-refractivity contribution < 1.29 is 0 Å². The van der Waals surface area contributed by atoms with E-state index in [1.807, 2.05) is 0 Å². The van der Waals surface area contributed by atoms with Crippen LogP contribution < -0.4 is 0 Å². The van der Waals surface area contributed by atoms with Crippen LogP contribution in [0.3, 0.4) is 0 Å². The van der Waals surface area contributed by atoms with Crippen LogP contribution in [0.15, 0.2) is 206 Å². The first-order valence-corrected chi connectivity index (χ1v) is 18.0. The minimum Gasteiger partial charge on any atom is -0.0622 e. The number of fused-ring (bicyclic) bond motifs is 4.